The van der Waals surface area contributed by atoms with Crippen LogP contribution in [-0.2, 0) is 13.0 Å². The van der Waals surface area contributed by atoms with Crippen molar-refractivity contribution in [2.75, 3.05) is 39.8 Å². The van der Waals surface area contributed by atoms with E-state index in [0.29, 0.717) is 49.7 Å². The summed E-state index contributed by atoms with van der Waals surface area (Å²) in [6, 6.07) is 3.71. The lowest BCUT2D eigenvalue weighted by molar-refractivity contribution is 0.133. The summed E-state index contributed by atoms with van der Waals surface area (Å²) in [5.74, 6) is 1.25. The lowest BCUT2D eigenvalue weighted by atomic mass is 10.2. The zero-order chi connectivity index (χ0) is 22.7. The Balaban J connectivity index is 1.25. The lowest BCUT2D eigenvalue weighted by Crippen LogP contribution is -2.51. The van der Waals surface area contributed by atoms with Crippen LogP contribution in [0.15, 0.2) is 23.1 Å². The Hall–Kier alpha value is -2.98. The third-order valence-corrected chi connectivity index (χ3v) is 6.92. The summed E-state index contributed by atoms with van der Waals surface area (Å²) in [4.78, 5) is 42.7. The van der Waals surface area contributed by atoms with Gasteiger partial charge in [-0.2, -0.15) is 0 Å². The molecule has 170 valence electrons. The Bertz CT molecular complexity index is 1150. The number of rotatable bonds is 6. The highest BCUT2D eigenvalue weighted by molar-refractivity contribution is 7.18. The van der Waals surface area contributed by atoms with Gasteiger partial charge in [0.1, 0.15) is 10.7 Å². The smallest absolute Gasteiger partial charge is 0.317 e. The molecule has 3 aromatic heterocycles. The number of hydrogen-bond donors (Lipinski definition) is 2. The molecule has 0 unspecified atom stereocenters. The van der Waals surface area contributed by atoms with E-state index >= 15 is 0 Å². The van der Waals surface area contributed by atoms with Crippen LogP contribution >= 0.6 is 11.3 Å². The molecule has 0 radical (unpaired) electrons. The lowest BCUT2D eigenvalue weighted by Gasteiger charge is -2.34. The van der Waals surface area contributed by atoms with Gasteiger partial charge in [-0.3, -0.25) is 9.69 Å². The van der Waals surface area contributed by atoms with Gasteiger partial charge in [0.2, 0.25) is 5.88 Å². The van der Waals surface area contributed by atoms with E-state index in [1.54, 1.807) is 24.6 Å². The quantitative estimate of drug-likeness (QED) is 0.589. The van der Waals surface area contributed by atoms with Crippen LogP contribution < -0.4 is 15.6 Å². The molecule has 1 aliphatic rings. The summed E-state index contributed by atoms with van der Waals surface area (Å²) in [7, 11) is 1.59. The van der Waals surface area contributed by atoms with Crippen molar-refractivity contribution >= 4 is 27.6 Å². The van der Waals surface area contributed by atoms with Crippen molar-refractivity contribution in [3.63, 3.8) is 0 Å². The summed E-state index contributed by atoms with van der Waals surface area (Å²) in [6.07, 6.45) is 2.48. The molecule has 1 saturated heterocycles. The summed E-state index contributed by atoms with van der Waals surface area (Å²) in [5.41, 5.74) is 1.98. The summed E-state index contributed by atoms with van der Waals surface area (Å²) in [6.45, 7) is 7.85. The number of aryl methyl sites for hydroxylation is 2. The molecule has 3 aromatic rings. The molecule has 0 aromatic carbocycles. The predicted molar refractivity (Wildman–Crippen MR) is 124 cm³/mol. The molecule has 9 nitrogen and oxygen atoms in total. The number of H-pyrrole nitrogens is 1. The minimum Gasteiger partial charge on any atom is -0.481 e. The van der Waals surface area contributed by atoms with E-state index in [4.69, 9.17) is 4.74 Å². The van der Waals surface area contributed by atoms with Crippen molar-refractivity contribution in [2.24, 2.45) is 0 Å². The third-order valence-electron chi connectivity index (χ3n) is 5.82. The minimum atomic E-state index is -0.0723. The highest BCUT2D eigenvalue weighted by Crippen LogP contribution is 2.25. The Kier molecular flexibility index (Phi) is 6.71. The van der Waals surface area contributed by atoms with E-state index < -0.39 is 0 Å². The van der Waals surface area contributed by atoms with Gasteiger partial charge in [0, 0.05) is 49.9 Å². The number of thiophene rings is 1. The van der Waals surface area contributed by atoms with Gasteiger partial charge >= 0.3 is 6.03 Å². The molecule has 2 N–H and O–H groups in total. The number of urea groups is 1. The van der Waals surface area contributed by atoms with Crippen LogP contribution in [0.1, 0.15) is 21.8 Å². The number of nitrogens with zero attached hydrogens (tertiary/aromatic N) is 4. The van der Waals surface area contributed by atoms with Crippen LogP contribution in [0.2, 0.25) is 0 Å². The number of methoxy groups -OCH3 is 1. The first kappa shape index (κ1) is 22.2. The second kappa shape index (κ2) is 9.66. The second-order valence-corrected chi connectivity index (χ2v) is 9.13. The van der Waals surface area contributed by atoms with Crippen LogP contribution in [0, 0.1) is 13.8 Å². The van der Waals surface area contributed by atoms with Gasteiger partial charge in [0.25, 0.3) is 5.56 Å². The van der Waals surface area contributed by atoms with E-state index in [9.17, 15) is 9.59 Å². The predicted octanol–water partition coefficient (Wildman–Crippen LogP) is 2.07. The largest absolute Gasteiger partial charge is 0.481 e. The number of aromatic amines is 1. The highest BCUT2D eigenvalue weighted by atomic mass is 32.1. The Morgan fingerprint density at radius 1 is 1.25 bits per heavy atom. The molecular formula is C22H28N6O3S. The molecule has 2 amide bonds. The number of carbonyl (C=O) groups excluding carboxylic acids is 1. The van der Waals surface area contributed by atoms with Crippen LogP contribution in [-0.4, -0.2) is 70.6 Å². The van der Waals surface area contributed by atoms with E-state index in [-0.39, 0.29) is 11.6 Å². The van der Waals surface area contributed by atoms with Crippen molar-refractivity contribution in [3.8, 4) is 5.88 Å². The molecule has 4 rings (SSSR count). The Morgan fingerprint density at radius 2 is 2.03 bits per heavy atom. The van der Waals surface area contributed by atoms with E-state index in [1.165, 1.54) is 0 Å². The summed E-state index contributed by atoms with van der Waals surface area (Å²) >= 11 is 1.56. The molecule has 1 aliphatic heterocycles. The minimum absolute atomic E-state index is 0.0522. The van der Waals surface area contributed by atoms with Crippen molar-refractivity contribution < 1.29 is 9.53 Å². The maximum absolute atomic E-state index is 12.5. The third kappa shape index (κ3) is 4.91. The van der Waals surface area contributed by atoms with E-state index in [0.717, 1.165) is 33.9 Å². The normalized spacial score (nSPS) is 14.7. The van der Waals surface area contributed by atoms with Crippen LogP contribution in [0.4, 0.5) is 4.79 Å². The van der Waals surface area contributed by atoms with Gasteiger partial charge in [-0.15, -0.1) is 11.3 Å². The number of fused-ring (bicyclic) bond motifs is 1. The maximum atomic E-state index is 12.5. The number of aromatic nitrogens is 3. The second-order valence-electron chi connectivity index (χ2n) is 7.93. The number of amides is 2. The first-order valence-corrected chi connectivity index (χ1v) is 11.5. The van der Waals surface area contributed by atoms with Gasteiger partial charge in [0.05, 0.1) is 19.0 Å². The molecular weight excluding hydrogens is 428 g/mol. The van der Waals surface area contributed by atoms with Crippen molar-refractivity contribution in [1.29, 1.82) is 0 Å². The monoisotopic (exact) mass is 456 g/mol. The first-order chi connectivity index (χ1) is 15.4. The van der Waals surface area contributed by atoms with Gasteiger partial charge < -0.3 is 19.9 Å². The van der Waals surface area contributed by atoms with Crippen LogP contribution in [0.25, 0.3) is 10.2 Å². The molecule has 10 heteroatoms. The fourth-order valence-corrected chi connectivity index (χ4v) is 4.85. The fourth-order valence-electron chi connectivity index (χ4n) is 3.80. The van der Waals surface area contributed by atoms with Crippen molar-refractivity contribution in [2.45, 2.75) is 26.8 Å². The number of hydrogen-bond acceptors (Lipinski definition) is 7. The van der Waals surface area contributed by atoms with E-state index in [2.05, 4.69) is 25.2 Å². The van der Waals surface area contributed by atoms with Crippen molar-refractivity contribution in [3.05, 3.63) is 50.5 Å². The molecule has 0 aliphatic carbocycles. The van der Waals surface area contributed by atoms with Crippen LogP contribution in [0.3, 0.4) is 0 Å². The number of nitrogens with one attached hydrogen (secondary N) is 2. The zero-order valence-corrected chi connectivity index (χ0v) is 19.4. The fraction of sp³-hybridized carbons (Fsp3) is 0.455. The molecule has 32 heavy (non-hydrogen) atoms. The molecule has 0 spiro atoms. The zero-order valence-electron chi connectivity index (χ0n) is 18.6. The average molecular weight is 457 g/mol. The van der Waals surface area contributed by atoms with Gasteiger partial charge in [0.15, 0.2) is 0 Å². The number of pyridine rings is 1. The molecule has 0 atom stereocenters. The van der Waals surface area contributed by atoms with Gasteiger partial charge in [-0.05, 0) is 31.4 Å². The molecule has 1 fully saturated rings. The maximum Gasteiger partial charge on any atom is 0.317 e. The van der Waals surface area contributed by atoms with E-state index in [1.807, 2.05) is 30.9 Å². The summed E-state index contributed by atoms with van der Waals surface area (Å²) in [5, 5.41) is 3.68. The molecule has 4 heterocycles. The number of carbonyl (C=O) groups is 1. The van der Waals surface area contributed by atoms with Crippen LogP contribution in [0.5, 0.6) is 5.88 Å². The van der Waals surface area contributed by atoms with Gasteiger partial charge in [-0.1, -0.05) is 6.07 Å². The topological polar surface area (TPSA) is 103 Å². The average Bonchev–Trinajstić information content (AvgIpc) is 3.08. The number of piperazine rings is 1. The standard InChI is InChI=1S/C22H28N6O3S/c1-14-15(2)32-21-19(14)20(29)25-17(26-21)13-27-8-10-28(11-9-27)22(30)23-7-6-16-4-5-18(31-3)24-12-16/h4-5,12H,6-11,13H2,1-3H3,(H,23,30)(H,25,26,29). The molecule has 0 bridgehead atoms. The SMILES string of the molecule is COc1ccc(CCNC(=O)N2CCN(Cc3nc4sc(C)c(C)c4c(=O)[nH]3)CC2)cn1. The van der Waals surface area contributed by atoms with Gasteiger partial charge in [-0.25, -0.2) is 14.8 Å². The van der Waals surface area contributed by atoms with Crippen molar-refractivity contribution in [1.82, 2.24) is 30.1 Å². The highest BCUT2D eigenvalue weighted by Gasteiger charge is 2.22. The summed E-state index contributed by atoms with van der Waals surface area (Å²) < 4.78 is 5.06. The first-order valence-electron chi connectivity index (χ1n) is 10.7. The Morgan fingerprint density at radius 3 is 2.72 bits per heavy atom. The number of ether oxygens (including phenoxy) is 1. The Labute approximate surface area is 190 Å². The molecule has 0 saturated carbocycles.